The van der Waals surface area contributed by atoms with Crippen LogP contribution < -0.4 is 19.1 Å². The van der Waals surface area contributed by atoms with Crippen molar-refractivity contribution in [2.75, 3.05) is 29.8 Å². The van der Waals surface area contributed by atoms with Crippen LogP contribution in [-0.4, -0.2) is 62.2 Å². The van der Waals surface area contributed by atoms with E-state index in [2.05, 4.69) is 5.32 Å². The van der Waals surface area contributed by atoms with Crippen LogP contribution in [0.25, 0.3) is 0 Å². The number of carbonyl (C=O) groups is 2. The number of aryl methyl sites for hydroxylation is 1. The maximum atomic E-state index is 14.4. The van der Waals surface area contributed by atoms with Gasteiger partial charge in [-0.25, -0.2) is 8.42 Å². The Morgan fingerprint density at radius 1 is 0.930 bits per heavy atom. The van der Waals surface area contributed by atoms with E-state index in [0.717, 1.165) is 21.0 Å². The number of fused-ring (bicyclic) bond motifs is 1. The zero-order valence-corrected chi connectivity index (χ0v) is 26.3. The normalized spacial score (nSPS) is 13.6. The third-order valence-corrected chi connectivity index (χ3v) is 8.91. The molecule has 10 heteroatoms. The van der Waals surface area contributed by atoms with Crippen molar-refractivity contribution < 1.29 is 27.5 Å². The molecule has 0 radical (unpaired) electrons. The Morgan fingerprint density at radius 3 is 2.23 bits per heavy atom. The first-order chi connectivity index (χ1) is 20.4. The largest absolute Gasteiger partial charge is 0.486 e. The third-order valence-electron chi connectivity index (χ3n) is 7.16. The molecule has 43 heavy (non-hydrogen) atoms. The maximum absolute atomic E-state index is 14.4. The van der Waals surface area contributed by atoms with Gasteiger partial charge in [0.25, 0.3) is 0 Å². The van der Waals surface area contributed by atoms with Crippen molar-refractivity contribution in [2.45, 2.75) is 59.2 Å². The van der Waals surface area contributed by atoms with Gasteiger partial charge >= 0.3 is 0 Å². The predicted octanol–water partition coefficient (Wildman–Crippen LogP) is 4.48. The molecular formula is C33H41N3O6S. The summed E-state index contributed by atoms with van der Waals surface area (Å²) in [7, 11) is -3.89. The zero-order chi connectivity index (χ0) is 31.2. The van der Waals surface area contributed by atoms with Gasteiger partial charge in [0, 0.05) is 24.6 Å². The highest BCUT2D eigenvalue weighted by Crippen LogP contribution is 2.35. The second-order valence-corrected chi connectivity index (χ2v) is 13.8. The van der Waals surface area contributed by atoms with Crippen molar-refractivity contribution in [3.63, 3.8) is 0 Å². The fourth-order valence-corrected chi connectivity index (χ4v) is 5.94. The summed E-state index contributed by atoms with van der Waals surface area (Å²) in [6.45, 7) is 9.50. The minimum Gasteiger partial charge on any atom is -0.486 e. The van der Waals surface area contributed by atoms with Crippen LogP contribution in [0.3, 0.4) is 0 Å². The van der Waals surface area contributed by atoms with Gasteiger partial charge in [-0.05, 0) is 63.4 Å². The second-order valence-electron chi connectivity index (χ2n) is 11.6. The van der Waals surface area contributed by atoms with Gasteiger partial charge < -0.3 is 19.7 Å². The molecule has 4 rings (SSSR count). The quantitative estimate of drug-likeness (QED) is 0.345. The Morgan fingerprint density at radius 2 is 1.58 bits per heavy atom. The lowest BCUT2D eigenvalue weighted by atomic mass is 10.00. The lowest BCUT2D eigenvalue weighted by Gasteiger charge is -2.35. The van der Waals surface area contributed by atoms with Crippen molar-refractivity contribution in [2.24, 2.45) is 0 Å². The molecule has 0 spiro atoms. The molecule has 3 aromatic carbocycles. The van der Waals surface area contributed by atoms with E-state index in [1.165, 1.54) is 11.8 Å². The zero-order valence-electron chi connectivity index (χ0n) is 25.5. The Bertz CT molecular complexity index is 1540. The van der Waals surface area contributed by atoms with Crippen LogP contribution in [0, 0.1) is 6.92 Å². The average Bonchev–Trinajstić information content (AvgIpc) is 2.97. The number of nitrogens with zero attached hydrogens (tertiary/aromatic N) is 2. The fourth-order valence-electron chi connectivity index (χ4n) is 4.88. The van der Waals surface area contributed by atoms with Crippen molar-refractivity contribution in [1.29, 1.82) is 0 Å². The standard InChI is InChI=1S/C33H41N3O6S/c1-6-43(39,40)36(27-16-17-29-30(21-27)42-19-18-41-29)23-31(37)35(22-26-15-11-10-12-24(26)2)28(32(38)34-33(3,4)5)20-25-13-8-7-9-14-25/h7-17,21,28H,6,18-20,22-23H2,1-5H3,(H,34,38)/t28-/m0/s1. The SMILES string of the molecule is CCS(=O)(=O)N(CC(=O)N(Cc1ccccc1C)[C@@H](Cc1ccccc1)C(=O)NC(C)(C)C)c1ccc2c(c1)OCCO2. The van der Waals surface area contributed by atoms with Gasteiger partial charge in [-0.15, -0.1) is 0 Å². The molecule has 0 fully saturated rings. The summed E-state index contributed by atoms with van der Waals surface area (Å²) in [5.74, 6) is -0.110. The Balaban J connectivity index is 1.77. The first-order valence-corrected chi connectivity index (χ1v) is 16.1. The molecule has 0 unspecified atom stereocenters. The monoisotopic (exact) mass is 607 g/mol. The minimum atomic E-state index is -3.89. The van der Waals surface area contributed by atoms with Gasteiger partial charge in [0.15, 0.2) is 11.5 Å². The van der Waals surface area contributed by atoms with E-state index < -0.39 is 34.1 Å². The van der Waals surface area contributed by atoms with E-state index in [1.807, 2.05) is 82.3 Å². The summed E-state index contributed by atoms with van der Waals surface area (Å²) in [5, 5.41) is 3.04. The molecule has 2 amide bonds. The van der Waals surface area contributed by atoms with Gasteiger partial charge in [0.1, 0.15) is 25.8 Å². The number of rotatable bonds is 11. The van der Waals surface area contributed by atoms with Crippen molar-refractivity contribution >= 4 is 27.5 Å². The average molecular weight is 608 g/mol. The number of hydrogen-bond donors (Lipinski definition) is 1. The second kappa shape index (κ2) is 13.5. The van der Waals surface area contributed by atoms with E-state index in [-0.39, 0.29) is 30.3 Å². The molecule has 1 atom stereocenters. The summed E-state index contributed by atoms with van der Waals surface area (Å²) in [5.41, 5.74) is 2.44. The first-order valence-electron chi connectivity index (χ1n) is 14.5. The lowest BCUT2D eigenvalue weighted by molar-refractivity contribution is -0.140. The number of hydrogen-bond acceptors (Lipinski definition) is 6. The highest BCUT2D eigenvalue weighted by molar-refractivity contribution is 7.92. The molecular weight excluding hydrogens is 566 g/mol. The summed E-state index contributed by atoms with van der Waals surface area (Å²) < 4.78 is 39.2. The molecule has 1 heterocycles. The van der Waals surface area contributed by atoms with Crippen LogP contribution in [0.4, 0.5) is 5.69 Å². The molecule has 9 nitrogen and oxygen atoms in total. The Labute approximate surface area is 254 Å². The lowest BCUT2D eigenvalue weighted by Crippen LogP contribution is -2.56. The molecule has 0 aromatic heterocycles. The molecule has 230 valence electrons. The number of benzene rings is 3. The third kappa shape index (κ3) is 8.28. The minimum absolute atomic E-state index is 0.127. The van der Waals surface area contributed by atoms with Gasteiger partial charge in [-0.1, -0.05) is 54.6 Å². The van der Waals surface area contributed by atoms with Crippen molar-refractivity contribution in [3.05, 3.63) is 89.5 Å². The Hall–Kier alpha value is -4.05. The molecule has 0 aliphatic carbocycles. The summed E-state index contributed by atoms with van der Waals surface area (Å²) >= 11 is 0. The van der Waals surface area contributed by atoms with Gasteiger partial charge in [-0.3, -0.25) is 13.9 Å². The van der Waals surface area contributed by atoms with E-state index >= 15 is 0 Å². The van der Waals surface area contributed by atoms with Gasteiger partial charge in [0.05, 0.1) is 11.4 Å². The van der Waals surface area contributed by atoms with Crippen LogP contribution in [-0.2, 0) is 32.6 Å². The van der Waals surface area contributed by atoms with Gasteiger partial charge in [0.2, 0.25) is 21.8 Å². The predicted molar refractivity (Wildman–Crippen MR) is 168 cm³/mol. The van der Waals surface area contributed by atoms with Crippen LogP contribution in [0.15, 0.2) is 72.8 Å². The van der Waals surface area contributed by atoms with Crippen LogP contribution in [0.1, 0.15) is 44.4 Å². The first kappa shape index (κ1) is 31.9. The van der Waals surface area contributed by atoms with E-state index in [1.54, 1.807) is 18.2 Å². The van der Waals surface area contributed by atoms with Crippen LogP contribution in [0.2, 0.25) is 0 Å². The number of sulfonamides is 1. The maximum Gasteiger partial charge on any atom is 0.244 e. The van der Waals surface area contributed by atoms with Crippen LogP contribution in [0.5, 0.6) is 11.5 Å². The molecule has 0 saturated carbocycles. The van der Waals surface area contributed by atoms with Crippen molar-refractivity contribution in [1.82, 2.24) is 10.2 Å². The highest BCUT2D eigenvalue weighted by Gasteiger charge is 2.35. The number of anilines is 1. The van der Waals surface area contributed by atoms with E-state index in [9.17, 15) is 18.0 Å². The summed E-state index contributed by atoms with van der Waals surface area (Å²) in [4.78, 5) is 29.8. The highest BCUT2D eigenvalue weighted by atomic mass is 32.2. The van der Waals surface area contributed by atoms with Crippen LogP contribution >= 0.6 is 0 Å². The van der Waals surface area contributed by atoms with E-state index in [0.29, 0.717) is 24.7 Å². The molecule has 1 aliphatic rings. The Kier molecular flexibility index (Phi) is 10.0. The number of carbonyl (C=O) groups excluding carboxylic acids is 2. The number of nitrogens with one attached hydrogen (secondary N) is 1. The molecule has 1 aliphatic heterocycles. The fraction of sp³-hybridized carbons (Fsp3) is 0.394. The molecule has 3 aromatic rings. The number of ether oxygens (including phenoxy) is 2. The van der Waals surface area contributed by atoms with Crippen molar-refractivity contribution in [3.8, 4) is 11.5 Å². The number of amides is 2. The smallest absolute Gasteiger partial charge is 0.244 e. The van der Waals surface area contributed by atoms with E-state index in [4.69, 9.17) is 9.47 Å². The molecule has 0 saturated heterocycles. The topological polar surface area (TPSA) is 105 Å². The van der Waals surface area contributed by atoms with Gasteiger partial charge in [-0.2, -0.15) is 0 Å². The molecule has 1 N–H and O–H groups in total. The summed E-state index contributed by atoms with van der Waals surface area (Å²) in [6, 6.07) is 21.1. The molecule has 0 bridgehead atoms. The summed E-state index contributed by atoms with van der Waals surface area (Å²) in [6.07, 6.45) is 0.255.